The summed E-state index contributed by atoms with van der Waals surface area (Å²) in [6, 6.07) is 19.3. The molecule has 5 fully saturated rings. The number of phenols is 1. The number of piperazine rings is 1. The Bertz CT molecular complexity index is 3200. The third-order valence-electron chi connectivity index (χ3n) is 15.9. The Balaban J connectivity index is 0.668. The van der Waals surface area contributed by atoms with E-state index >= 15 is 4.39 Å². The van der Waals surface area contributed by atoms with Crippen LogP contribution in [0.25, 0.3) is 43.4 Å². The van der Waals surface area contributed by atoms with Crippen LogP contribution in [-0.4, -0.2) is 129 Å². The predicted octanol–water partition coefficient (Wildman–Crippen LogP) is 7.47. The number of aromatic nitrogens is 5. The minimum absolute atomic E-state index is 0.0389. The summed E-state index contributed by atoms with van der Waals surface area (Å²) in [7, 11) is 0. The molecule has 5 aliphatic rings. The van der Waals surface area contributed by atoms with E-state index in [9.17, 15) is 14.7 Å². The van der Waals surface area contributed by atoms with Gasteiger partial charge in [-0.25, -0.2) is 9.37 Å². The zero-order valence-corrected chi connectivity index (χ0v) is 42.2. The van der Waals surface area contributed by atoms with E-state index in [1.807, 2.05) is 55.8 Å². The molecule has 0 aliphatic carbocycles. The SMILES string of the molecule is CCc1cccc2cc(O)cc(-c3ncc4c(N5CC6CCC(C5)N6)nc(OCCN5CC6CN(c7cc(CC(=O)N8CCCC8C(=O)NC(C)c8ccc(-c9scnc9C)cc8)on7)CC6C5)nc4c3F)c12. The van der Waals surface area contributed by atoms with Crippen LogP contribution in [0.2, 0.25) is 0 Å². The second kappa shape index (κ2) is 19.6. The van der Waals surface area contributed by atoms with E-state index in [1.165, 1.54) is 0 Å². The van der Waals surface area contributed by atoms with Gasteiger partial charge in [-0.15, -0.1) is 11.3 Å². The largest absolute Gasteiger partial charge is 0.508 e. The number of halogens is 1. The number of aryl methyl sites for hydroxylation is 2. The number of phenolic OH excluding ortho intramolecular Hbond substituents is 1. The molecule has 0 saturated carbocycles. The number of benzene rings is 3. The smallest absolute Gasteiger partial charge is 0.319 e. The summed E-state index contributed by atoms with van der Waals surface area (Å²) in [5.74, 6) is 1.85. The number of anilines is 2. The summed E-state index contributed by atoms with van der Waals surface area (Å²) in [6.45, 7) is 12.4. The second-order valence-electron chi connectivity index (χ2n) is 20.6. The first-order valence-electron chi connectivity index (χ1n) is 25.8. The van der Waals surface area contributed by atoms with Crippen LogP contribution in [0.5, 0.6) is 11.8 Å². The molecule has 12 rings (SSSR count). The van der Waals surface area contributed by atoms with Gasteiger partial charge in [-0.05, 0) is 97.4 Å². The van der Waals surface area contributed by atoms with Crippen LogP contribution in [0.1, 0.15) is 68.2 Å². The van der Waals surface area contributed by atoms with Crippen molar-refractivity contribution < 1.29 is 28.3 Å². The molecule has 4 aromatic heterocycles. The van der Waals surface area contributed by atoms with Gasteiger partial charge in [0.25, 0.3) is 0 Å². The van der Waals surface area contributed by atoms with Gasteiger partial charge < -0.3 is 39.7 Å². The van der Waals surface area contributed by atoms with Gasteiger partial charge in [0.15, 0.2) is 11.6 Å². The minimum atomic E-state index is -0.573. The zero-order valence-electron chi connectivity index (χ0n) is 41.4. The summed E-state index contributed by atoms with van der Waals surface area (Å²) >= 11 is 1.61. The summed E-state index contributed by atoms with van der Waals surface area (Å²) in [5, 5.41) is 24.2. The van der Waals surface area contributed by atoms with Gasteiger partial charge >= 0.3 is 6.01 Å². The molecule has 5 saturated heterocycles. The second-order valence-corrected chi connectivity index (χ2v) is 21.5. The third kappa shape index (κ3) is 9.22. The van der Waals surface area contributed by atoms with E-state index in [0.29, 0.717) is 72.6 Å². The lowest BCUT2D eigenvalue weighted by Gasteiger charge is -2.34. The number of carbonyl (C=O) groups is 2. The highest BCUT2D eigenvalue weighted by atomic mass is 32.1. The summed E-state index contributed by atoms with van der Waals surface area (Å²) in [6.07, 6.45) is 5.99. The summed E-state index contributed by atoms with van der Waals surface area (Å²) in [5.41, 5.74) is 6.78. The first-order valence-corrected chi connectivity index (χ1v) is 26.7. The third-order valence-corrected chi connectivity index (χ3v) is 16.9. The summed E-state index contributed by atoms with van der Waals surface area (Å²) < 4.78 is 29.2. The number of hydrogen-bond donors (Lipinski definition) is 3. The quantitative estimate of drug-likeness (QED) is 0.0978. The van der Waals surface area contributed by atoms with Crippen molar-refractivity contribution in [2.24, 2.45) is 11.8 Å². The van der Waals surface area contributed by atoms with Crippen molar-refractivity contribution in [3.05, 3.63) is 101 Å². The Hall–Kier alpha value is -6.76. The fourth-order valence-electron chi connectivity index (χ4n) is 12.2. The van der Waals surface area contributed by atoms with Crippen LogP contribution in [-0.2, 0) is 22.4 Å². The number of pyridine rings is 1. The number of amides is 2. The Labute approximate surface area is 427 Å². The molecule has 3 N–H and O–H groups in total. The topological polar surface area (TPSA) is 178 Å². The van der Waals surface area contributed by atoms with Crippen LogP contribution in [0.15, 0.2) is 76.9 Å². The lowest BCUT2D eigenvalue weighted by Crippen LogP contribution is -2.51. The highest BCUT2D eigenvalue weighted by Gasteiger charge is 2.41. The van der Waals surface area contributed by atoms with Crippen molar-refractivity contribution in [2.45, 2.75) is 83.5 Å². The molecule has 3 aromatic carbocycles. The Morgan fingerprint density at radius 2 is 1.77 bits per heavy atom. The Morgan fingerprint density at radius 3 is 2.52 bits per heavy atom. The van der Waals surface area contributed by atoms with Gasteiger partial charge in [-0.1, -0.05) is 54.5 Å². The van der Waals surface area contributed by atoms with Gasteiger partial charge in [-0.3, -0.25) is 19.5 Å². The van der Waals surface area contributed by atoms with Crippen molar-refractivity contribution in [2.75, 3.05) is 68.8 Å². The number of likely N-dealkylation sites (tertiary alicyclic amines) is 2. The maximum Gasteiger partial charge on any atom is 0.319 e. The van der Waals surface area contributed by atoms with Crippen LogP contribution >= 0.6 is 11.3 Å². The highest BCUT2D eigenvalue weighted by molar-refractivity contribution is 7.13. The van der Waals surface area contributed by atoms with Gasteiger partial charge in [0.1, 0.15) is 41.2 Å². The van der Waals surface area contributed by atoms with Crippen LogP contribution in [0.3, 0.4) is 0 Å². The molecule has 18 heteroatoms. The number of thiazole rings is 1. The van der Waals surface area contributed by atoms with Gasteiger partial charge in [0.05, 0.1) is 33.9 Å². The van der Waals surface area contributed by atoms with E-state index < -0.39 is 11.9 Å². The maximum atomic E-state index is 17.1. The average molecular weight is 1010 g/mol. The number of fused-ring (bicyclic) bond motifs is 5. The summed E-state index contributed by atoms with van der Waals surface area (Å²) in [4.78, 5) is 55.7. The number of nitrogens with zero attached hydrogens (tertiary/aromatic N) is 9. The molecular formula is C55H60FN11O5S. The average Bonchev–Trinajstić information content (AvgIpc) is 4.27. The molecule has 5 aliphatic heterocycles. The molecule has 378 valence electrons. The van der Waals surface area contributed by atoms with Crippen LogP contribution in [0, 0.1) is 24.6 Å². The van der Waals surface area contributed by atoms with Crippen LogP contribution in [0.4, 0.5) is 16.0 Å². The monoisotopic (exact) mass is 1010 g/mol. The number of hydrogen-bond acceptors (Lipinski definition) is 15. The molecule has 16 nitrogen and oxygen atoms in total. The van der Waals surface area contributed by atoms with Gasteiger partial charge in [-0.2, -0.15) is 9.97 Å². The zero-order chi connectivity index (χ0) is 49.9. The van der Waals surface area contributed by atoms with Crippen molar-refractivity contribution in [3.8, 4) is 33.5 Å². The molecule has 73 heavy (non-hydrogen) atoms. The fraction of sp³-hybridized carbons (Fsp3) is 0.436. The normalized spacial score (nSPS) is 22.2. The number of rotatable bonds is 14. The first-order chi connectivity index (χ1) is 35.5. The molecule has 2 bridgehead atoms. The molecule has 0 radical (unpaired) electrons. The number of aromatic hydroxyl groups is 1. The molecule has 0 spiro atoms. The standard InChI is InChI=1S/C55H60FN11O5S/c1-4-33-7-5-8-36-19-41(68)20-43(48(33)36)50-49(56)51-44(23-57-50)53(66-28-39-14-15-40(29-66)60-39)62-55(61-51)71-18-17-64-24-37-26-65(27-38(37)25-64)46-21-42(72-63-46)22-47(69)67-16-6-9-45(67)54(70)59-31(2)34-10-12-35(13-11-34)52-32(3)58-30-73-52/h5,7-8,10-13,19-21,23,30-31,37-40,45,60,68H,4,6,9,14-18,22,24-29H2,1-3H3,(H,59,70). The molecule has 9 heterocycles. The van der Waals surface area contributed by atoms with Crippen molar-refractivity contribution in [1.29, 1.82) is 0 Å². The number of ether oxygens (including phenoxy) is 1. The van der Waals surface area contributed by atoms with E-state index in [1.54, 1.807) is 34.6 Å². The van der Waals surface area contributed by atoms with E-state index in [-0.39, 0.29) is 47.2 Å². The Morgan fingerprint density at radius 1 is 0.973 bits per heavy atom. The van der Waals surface area contributed by atoms with Crippen molar-refractivity contribution in [3.63, 3.8) is 0 Å². The van der Waals surface area contributed by atoms with Crippen molar-refractivity contribution >= 4 is 56.5 Å². The highest BCUT2D eigenvalue weighted by Crippen LogP contribution is 2.40. The number of carbonyl (C=O) groups excluding carboxylic acids is 2. The number of nitrogens with one attached hydrogen (secondary N) is 2. The van der Waals surface area contributed by atoms with E-state index in [4.69, 9.17) is 24.2 Å². The van der Waals surface area contributed by atoms with Crippen LogP contribution < -0.4 is 25.2 Å². The Kier molecular flexibility index (Phi) is 12.7. The fourth-order valence-corrected chi connectivity index (χ4v) is 13.0. The minimum Gasteiger partial charge on any atom is -0.508 e. The first kappa shape index (κ1) is 47.3. The van der Waals surface area contributed by atoms with E-state index in [0.717, 1.165) is 109 Å². The molecular weight excluding hydrogens is 946 g/mol. The molecule has 6 atom stereocenters. The molecule has 6 unspecified atom stereocenters. The van der Waals surface area contributed by atoms with Gasteiger partial charge in [0.2, 0.25) is 11.8 Å². The lowest BCUT2D eigenvalue weighted by atomic mass is 9.95. The maximum absolute atomic E-state index is 17.1. The van der Waals surface area contributed by atoms with Crippen molar-refractivity contribution in [1.82, 2.24) is 45.5 Å². The predicted molar refractivity (Wildman–Crippen MR) is 278 cm³/mol. The lowest BCUT2D eigenvalue weighted by molar-refractivity contribution is -0.138. The molecule has 2 amide bonds. The van der Waals surface area contributed by atoms with E-state index in [2.05, 4.69) is 54.5 Å². The van der Waals surface area contributed by atoms with Gasteiger partial charge in [0, 0.05) is 82.3 Å². The molecule has 7 aromatic rings.